The van der Waals surface area contributed by atoms with Crippen molar-refractivity contribution in [2.24, 2.45) is 0 Å². The summed E-state index contributed by atoms with van der Waals surface area (Å²) in [4.78, 5) is 18.5. The maximum atomic E-state index is 11.8. The highest BCUT2D eigenvalue weighted by atomic mass is 16.3. The van der Waals surface area contributed by atoms with Gasteiger partial charge in [0.1, 0.15) is 11.4 Å². The predicted octanol–water partition coefficient (Wildman–Crippen LogP) is 1.52. The van der Waals surface area contributed by atoms with Gasteiger partial charge in [-0.15, -0.1) is 0 Å². The van der Waals surface area contributed by atoms with Gasteiger partial charge < -0.3 is 15.4 Å². The Morgan fingerprint density at radius 2 is 2.33 bits per heavy atom. The van der Waals surface area contributed by atoms with E-state index >= 15 is 0 Å². The number of unbranched alkanes of at least 4 members (excludes halogenated alkanes) is 1. The second kappa shape index (κ2) is 5.64. The molecule has 3 N–H and O–H groups in total. The molecule has 18 heavy (non-hydrogen) atoms. The summed E-state index contributed by atoms with van der Waals surface area (Å²) in [5, 5.41) is 13.8. The molecule has 96 valence electrons. The molecule has 2 aromatic heterocycles. The van der Waals surface area contributed by atoms with E-state index in [2.05, 4.69) is 22.2 Å². The summed E-state index contributed by atoms with van der Waals surface area (Å²) in [7, 11) is 0. The summed E-state index contributed by atoms with van der Waals surface area (Å²) in [6.45, 7) is 3.31. The molecular weight excluding hydrogens is 230 g/mol. The maximum absolute atomic E-state index is 11.8. The molecule has 2 rings (SSSR count). The number of nitrogens with zero attached hydrogens (tertiary/aromatic N) is 1. The third kappa shape index (κ3) is 2.51. The van der Waals surface area contributed by atoms with E-state index in [9.17, 15) is 9.90 Å². The zero-order chi connectivity index (χ0) is 13.0. The van der Waals surface area contributed by atoms with Gasteiger partial charge in [0, 0.05) is 12.7 Å². The molecule has 0 radical (unpaired) electrons. The number of rotatable bonds is 5. The number of pyridine rings is 2. The predicted molar refractivity (Wildman–Crippen MR) is 70.6 cm³/mol. The Hall–Kier alpha value is -1.88. The maximum Gasteiger partial charge on any atom is 0.257 e. The number of nitrogens with one attached hydrogen (secondary N) is 2. The summed E-state index contributed by atoms with van der Waals surface area (Å²) < 4.78 is 0. The molecule has 0 unspecified atom stereocenters. The van der Waals surface area contributed by atoms with Crippen LogP contribution in [0.4, 0.5) is 0 Å². The summed E-state index contributed by atoms with van der Waals surface area (Å²) in [5.74, 6) is 0.0193. The molecule has 2 heterocycles. The van der Waals surface area contributed by atoms with Gasteiger partial charge in [-0.05, 0) is 25.1 Å². The fourth-order valence-electron chi connectivity index (χ4n) is 1.83. The van der Waals surface area contributed by atoms with Crippen LogP contribution in [0.1, 0.15) is 25.3 Å². The Bertz CT molecular complexity index is 592. The lowest BCUT2D eigenvalue weighted by atomic mass is 10.1. The number of H-pyrrole nitrogens is 1. The summed E-state index contributed by atoms with van der Waals surface area (Å²) in [6.07, 6.45) is 3.72. The van der Waals surface area contributed by atoms with E-state index in [4.69, 9.17) is 0 Å². The molecule has 0 atom stereocenters. The summed E-state index contributed by atoms with van der Waals surface area (Å²) >= 11 is 0. The first-order valence-corrected chi connectivity index (χ1v) is 6.13. The largest absolute Gasteiger partial charge is 0.507 e. The molecule has 0 aliphatic heterocycles. The summed E-state index contributed by atoms with van der Waals surface area (Å²) in [6, 6.07) is 3.47. The van der Waals surface area contributed by atoms with Gasteiger partial charge >= 0.3 is 0 Å². The minimum Gasteiger partial charge on any atom is -0.507 e. The molecule has 0 saturated heterocycles. The number of aromatic hydroxyl groups is 1. The van der Waals surface area contributed by atoms with Crippen LogP contribution in [0.5, 0.6) is 5.75 Å². The molecule has 0 aliphatic carbocycles. The molecule has 0 spiro atoms. The van der Waals surface area contributed by atoms with Crippen LogP contribution >= 0.6 is 0 Å². The van der Waals surface area contributed by atoms with Crippen molar-refractivity contribution < 1.29 is 5.11 Å². The number of fused-ring (bicyclic) bond motifs is 1. The Morgan fingerprint density at radius 1 is 1.50 bits per heavy atom. The van der Waals surface area contributed by atoms with Crippen molar-refractivity contribution in [3.8, 4) is 5.75 Å². The van der Waals surface area contributed by atoms with Gasteiger partial charge in [0.05, 0.1) is 10.9 Å². The van der Waals surface area contributed by atoms with Crippen molar-refractivity contribution in [1.29, 1.82) is 0 Å². The highest BCUT2D eigenvalue weighted by Gasteiger charge is 2.11. The second-order valence-electron chi connectivity index (χ2n) is 4.21. The molecule has 0 aromatic carbocycles. The van der Waals surface area contributed by atoms with Crippen LogP contribution in [-0.4, -0.2) is 21.6 Å². The highest BCUT2D eigenvalue weighted by molar-refractivity contribution is 5.82. The topological polar surface area (TPSA) is 78.0 Å². The third-order valence-corrected chi connectivity index (χ3v) is 2.86. The fraction of sp³-hybridized carbons (Fsp3) is 0.385. The monoisotopic (exact) mass is 247 g/mol. The van der Waals surface area contributed by atoms with Crippen molar-refractivity contribution in [1.82, 2.24) is 15.3 Å². The lowest BCUT2D eigenvalue weighted by Gasteiger charge is -2.07. The first kappa shape index (κ1) is 12.6. The first-order chi connectivity index (χ1) is 8.74. The molecular formula is C13H17N3O2. The molecule has 0 amide bonds. The first-order valence-electron chi connectivity index (χ1n) is 6.13. The molecule has 5 heteroatoms. The lowest BCUT2D eigenvalue weighted by Crippen LogP contribution is -2.22. The van der Waals surface area contributed by atoms with E-state index in [0.29, 0.717) is 23.1 Å². The van der Waals surface area contributed by atoms with E-state index in [1.165, 1.54) is 0 Å². The molecule has 0 fully saturated rings. The van der Waals surface area contributed by atoms with Gasteiger partial charge in [-0.25, -0.2) is 4.98 Å². The number of aromatic amines is 1. The van der Waals surface area contributed by atoms with Crippen LogP contribution in [0.15, 0.2) is 23.1 Å². The van der Waals surface area contributed by atoms with Crippen molar-refractivity contribution >= 4 is 11.0 Å². The van der Waals surface area contributed by atoms with E-state index in [1.54, 1.807) is 18.3 Å². The van der Waals surface area contributed by atoms with Crippen molar-refractivity contribution in [3.63, 3.8) is 0 Å². The Morgan fingerprint density at radius 3 is 3.11 bits per heavy atom. The fourth-order valence-corrected chi connectivity index (χ4v) is 1.83. The van der Waals surface area contributed by atoms with Crippen LogP contribution < -0.4 is 10.9 Å². The number of hydrogen-bond donors (Lipinski definition) is 3. The van der Waals surface area contributed by atoms with Crippen LogP contribution in [0.3, 0.4) is 0 Å². The van der Waals surface area contributed by atoms with Crippen molar-refractivity contribution in [3.05, 3.63) is 34.2 Å². The standard InChI is InChI=1S/C13H17N3O2/c1-2-3-6-14-8-10-11(17)9-5-4-7-15-12(9)16-13(10)18/h4-5,7,14H,2-3,6,8H2,1H3,(H2,15,16,17,18). The Labute approximate surface area is 105 Å². The van der Waals surface area contributed by atoms with Gasteiger partial charge in [0.2, 0.25) is 0 Å². The van der Waals surface area contributed by atoms with Gasteiger partial charge in [0.25, 0.3) is 5.56 Å². The van der Waals surface area contributed by atoms with Crippen LogP contribution in [-0.2, 0) is 6.54 Å². The van der Waals surface area contributed by atoms with Crippen molar-refractivity contribution in [2.75, 3.05) is 6.54 Å². The Balaban J connectivity index is 2.30. The SMILES string of the molecule is CCCCNCc1c(O)c2cccnc2[nH]c1=O. The smallest absolute Gasteiger partial charge is 0.257 e. The molecule has 0 bridgehead atoms. The number of hydrogen-bond acceptors (Lipinski definition) is 4. The third-order valence-electron chi connectivity index (χ3n) is 2.86. The highest BCUT2D eigenvalue weighted by Crippen LogP contribution is 2.22. The van der Waals surface area contributed by atoms with Gasteiger partial charge in [0.15, 0.2) is 0 Å². The van der Waals surface area contributed by atoms with E-state index in [1.807, 2.05) is 0 Å². The normalized spacial score (nSPS) is 10.9. The zero-order valence-corrected chi connectivity index (χ0v) is 10.4. The minimum absolute atomic E-state index is 0.0193. The molecule has 5 nitrogen and oxygen atoms in total. The van der Waals surface area contributed by atoms with Gasteiger partial charge in [-0.2, -0.15) is 0 Å². The van der Waals surface area contributed by atoms with Crippen LogP contribution in [0.25, 0.3) is 11.0 Å². The van der Waals surface area contributed by atoms with E-state index in [-0.39, 0.29) is 11.3 Å². The quantitative estimate of drug-likeness (QED) is 0.700. The lowest BCUT2D eigenvalue weighted by molar-refractivity contribution is 0.468. The average molecular weight is 247 g/mol. The van der Waals surface area contributed by atoms with Crippen LogP contribution in [0, 0.1) is 0 Å². The van der Waals surface area contributed by atoms with Gasteiger partial charge in [-0.1, -0.05) is 13.3 Å². The summed E-state index contributed by atoms with van der Waals surface area (Å²) in [5.41, 5.74) is 0.492. The molecule has 2 aromatic rings. The Kier molecular flexibility index (Phi) is 3.94. The van der Waals surface area contributed by atoms with Gasteiger partial charge in [-0.3, -0.25) is 4.79 Å². The number of aromatic nitrogens is 2. The minimum atomic E-state index is -0.289. The van der Waals surface area contributed by atoms with Crippen molar-refractivity contribution in [2.45, 2.75) is 26.3 Å². The van der Waals surface area contributed by atoms with E-state index in [0.717, 1.165) is 19.4 Å². The zero-order valence-electron chi connectivity index (χ0n) is 10.4. The molecule has 0 saturated carbocycles. The van der Waals surface area contributed by atoms with E-state index < -0.39 is 0 Å². The van der Waals surface area contributed by atoms with Crippen LogP contribution in [0.2, 0.25) is 0 Å². The average Bonchev–Trinajstić information content (AvgIpc) is 2.38. The molecule has 0 aliphatic rings. The second-order valence-corrected chi connectivity index (χ2v) is 4.21.